The van der Waals surface area contributed by atoms with Crippen molar-refractivity contribution in [3.8, 4) is 5.88 Å². The molecule has 0 aliphatic heterocycles. The normalized spacial score (nSPS) is 16.3. The van der Waals surface area contributed by atoms with Gasteiger partial charge in [0.1, 0.15) is 0 Å². The van der Waals surface area contributed by atoms with E-state index < -0.39 is 0 Å². The van der Waals surface area contributed by atoms with Crippen molar-refractivity contribution in [1.82, 2.24) is 9.97 Å². The molecule has 0 amide bonds. The van der Waals surface area contributed by atoms with Crippen LogP contribution in [0.4, 0.5) is 5.95 Å². The Kier molecular flexibility index (Phi) is 5.92. The van der Waals surface area contributed by atoms with Crippen molar-refractivity contribution in [2.24, 2.45) is 5.92 Å². The average molecular weight is 263 g/mol. The molecule has 19 heavy (non-hydrogen) atoms. The summed E-state index contributed by atoms with van der Waals surface area (Å²) in [7, 11) is 0. The van der Waals surface area contributed by atoms with Crippen molar-refractivity contribution < 1.29 is 4.74 Å². The second kappa shape index (κ2) is 7.97. The van der Waals surface area contributed by atoms with Crippen LogP contribution in [0.5, 0.6) is 5.88 Å². The number of hydrogen-bond acceptors (Lipinski definition) is 4. The maximum absolute atomic E-state index is 5.50. The summed E-state index contributed by atoms with van der Waals surface area (Å²) < 4.78 is 5.50. The van der Waals surface area contributed by atoms with Gasteiger partial charge in [-0.15, -0.1) is 0 Å². The molecule has 106 valence electrons. The summed E-state index contributed by atoms with van der Waals surface area (Å²) in [6.07, 6.45) is 11.0. The maximum Gasteiger partial charge on any atom is 0.225 e. The quantitative estimate of drug-likeness (QED) is 0.815. The van der Waals surface area contributed by atoms with Crippen LogP contribution in [0.15, 0.2) is 12.3 Å². The molecule has 0 radical (unpaired) electrons. The lowest BCUT2D eigenvalue weighted by molar-refractivity contribution is 0.305. The molecular weight excluding hydrogens is 238 g/mol. The third-order valence-corrected chi connectivity index (χ3v) is 3.64. The van der Waals surface area contributed by atoms with Crippen molar-refractivity contribution in [3.05, 3.63) is 12.3 Å². The van der Waals surface area contributed by atoms with Crippen LogP contribution in [0.1, 0.15) is 51.9 Å². The smallest absolute Gasteiger partial charge is 0.225 e. The van der Waals surface area contributed by atoms with Crippen LogP contribution < -0.4 is 10.1 Å². The van der Waals surface area contributed by atoms with E-state index in [9.17, 15) is 0 Å². The van der Waals surface area contributed by atoms with Crippen molar-refractivity contribution in [2.75, 3.05) is 18.5 Å². The van der Waals surface area contributed by atoms with E-state index in [0.29, 0.717) is 18.4 Å². The Bertz CT molecular complexity index is 364. The summed E-state index contributed by atoms with van der Waals surface area (Å²) in [5.74, 6) is 2.24. The predicted molar refractivity (Wildman–Crippen MR) is 77.5 cm³/mol. The fraction of sp³-hybridized carbons (Fsp3) is 0.733. The van der Waals surface area contributed by atoms with Crippen molar-refractivity contribution in [2.45, 2.75) is 51.9 Å². The zero-order chi connectivity index (χ0) is 13.3. The van der Waals surface area contributed by atoms with E-state index in [2.05, 4.69) is 22.2 Å². The van der Waals surface area contributed by atoms with Gasteiger partial charge in [-0.1, -0.05) is 39.0 Å². The van der Waals surface area contributed by atoms with Crippen molar-refractivity contribution >= 4 is 5.95 Å². The predicted octanol–water partition coefficient (Wildman–Crippen LogP) is 3.65. The lowest BCUT2D eigenvalue weighted by atomic mass is 9.87. The third-order valence-electron chi connectivity index (χ3n) is 3.64. The van der Waals surface area contributed by atoms with Gasteiger partial charge < -0.3 is 10.1 Å². The van der Waals surface area contributed by atoms with Gasteiger partial charge in [0.05, 0.1) is 6.61 Å². The lowest BCUT2D eigenvalue weighted by Gasteiger charge is -2.21. The van der Waals surface area contributed by atoms with E-state index in [-0.39, 0.29) is 0 Å². The van der Waals surface area contributed by atoms with E-state index in [4.69, 9.17) is 4.74 Å². The molecule has 2 rings (SSSR count). The van der Waals surface area contributed by atoms with E-state index in [0.717, 1.165) is 18.9 Å². The maximum atomic E-state index is 5.50. The minimum Gasteiger partial charge on any atom is -0.478 e. The zero-order valence-corrected chi connectivity index (χ0v) is 11.9. The van der Waals surface area contributed by atoms with Gasteiger partial charge in [-0.25, -0.2) is 4.98 Å². The molecule has 4 heteroatoms. The summed E-state index contributed by atoms with van der Waals surface area (Å²) >= 11 is 0. The minimum absolute atomic E-state index is 0.664. The van der Waals surface area contributed by atoms with Crippen LogP contribution in [-0.2, 0) is 0 Å². The first-order valence-electron chi connectivity index (χ1n) is 7.58. The molecule has 1 heterocycles. The number of nitrogens with zero attached hydrogens (tertiary/aromatic N) is 2. The molecule has 1 aromatic rings. The van der Waals surface area contributed by atoms with Crippen LogP contribution >= 0.6 is 0 Å². The molecule has 0 atom stereocenters. The summed E-state index contributed by atoms with van der Waals surface area (Å²) in [5.41, 5.74) is 0. The van der Waals surface area contributed by atoms with Crippen LogP contribution in [-0.4, -0.2) is 23.1 Å². The van der Waals surface area contributed by atoms with Gasteiger partial charge >= 0.3 is 0 Å². The van der Waals surface area contributed by atoms with Gasteiger partial charge in [0.2, 0.25) is 11.8 Å². The summed E-state index contributed by atoms with van der Waals surface area (Å²) in [6, 6.07) is 1.81. The molecule has 1 saturated carbocycles. The van der Waals surface area contributed by atoms with Gasteiger partial charge in [0.25, 0.3) is 0 Å². The fourth-order valence-corrected chi connectivity index (χ4v) is 2.58. The van der Waals surface area contributed by atoms with Gasteiger partial charge in [-0.2, -0.15) is 4.98 Å². The van der Waals surface area contributed by atoms with Crippen molar-refractivity contribution in [1.29, 1.82) is 0 Å². The Morgan fingerprint density at radius 1 is 1.32 bits per heavy atom. The van der Waals surface area contributed by atoms with Gasteiger partial charge in [0.15, 0.2) is 0 Å². The molecule has 0 bridgehead atoms. The van der Waals surface area contributed by atoms with Crippen molar-refractivity contribution in [3.63, 3.8) is 0 Å². The Morgan fingerprint density at radius 3 is 2.95 bits per heavy atom. The highest BCUT2D eigenvalue weighted by atomic mass is 16.5. The Morgan fingerprint density at radius 2 is 2.16 bits per heavy atom. The van der Waals surface area contributed by atoms with Crippen LogP contribution in [0.3, 0.4) is 0 Å². The monoisotopic (exact) mass is 263 g/mol. The first-order valence-corrected chi connectivity index (χ1v) is 7.58. The summed E-state index contributed by atoms with van der Waals surface area (Å²) in [5, 5.41) is 3.31. The second-order valence-corrected chi connectivity index (χ2v) is 5.29. The molecule has 0 spiro atoms. The minimum atomic E-state index is 0.664. The Hall–Kier alpha value is -1.32. The topological polar surface area (TPSA) is 47.0 Å². The first kappa shape index (κ1) is 14.1. The third kappa shape index (κ3) is 5.05. The largest absolute Gasteiger partial charge is 0.478 e. The van der Waals surface area contributed by atoms with E-state index >= 15 is 0 Å². The van der Waals surface area contributed by atoms with E-state index in [1.54, 1.807) is 6.20 Å². The molecule has 1 aromatic heterocycles. The molecule has 1 fully saturated rings. The highest BCUT2D eigenvalue weighted by Crippen LogP contribution is 2.26. The molecule has 1 aliphatic carbocycles. The molecule has 0 saturated heterocycles. The van der Waals surface area contributed by atoms with Crippen LogP contribution in [0, 0.1) is 5.92 Å². The van der Waals surface area contributed by atoms with Crippen LogP contribution in [0.25, 0.3) is 0 Å². The Labute approximate surface area is 116 Å². The van der Waals surface area contributed by atoms with E-state index in [1.807, 2.05) is 6.07 Å². The SMILES string of the molecule is CCCOc1ccnc(NCCC2CCCCC2)n1. The number of nitrogens with one attached hydrogen (secondary N) is 1. The van der Waals surface area contributed by atoms with Gasteiger partial charge in [-0.05, 0) is 18.8 Å². The number of ether oxygens (including phenoxy) is 1. The summed E-state index contributed by atoms with van der Waals surface area (Å²) in [6.45, 7) is 3.75. The molecule has 4 nitrogen and oxygen atoms in total. The fourth-order valence-electron chi connectivity index (χ4n) is 2.58. The second-order valence-electron chi connectivity index (χ2n) is 5.29. The molecule has 0 aromatic carbocycles. The molecule has 1 N–H and O–H groups in total. The standard InChI is InChI=1S/C15H25N3O/c1-2-12-19-14-9-11-17-15(18-14)16-10-8-13-6-4-3-5-7-13/h9,11,13H,2-8,10,12H2,1H3,(H,16,17,18). The zero-order valence-electron chi connectivity index (χ0n) is 11.9. The molecular formula is C15H25N3O. The number of hydrogen-bond donors (Lipinski definition) is 1. The van der Waals surface area contributed by atoms with Crippen LogP contribution in [0.2, 0.25) is 0 Å². The number of rotatable bonds is 7. The molecule has 1 aliphatic rings. The van der Waals surface area contributed by atoms with E-state index in [1.165, 1.54) is 38.5 Å². The average Bonchev–Trinajstić information content (AvgIpc) is 2.47. The highest BCUT2D eigenvalue weighted by Gasteiger charge is 2.12. The highest BCUT2D eigenvalue weighted by molar-refractivity contribution is 5.27. The Balaban J connectivity index is 1.72. The first-order chi connectivity index (χ1) is 9.38. The number of aromatic nitrogens is 2. The van der Waals surface area contributed by atoms with Gasteiger partial charge in [0, 0.05) is 18.8 Å². The van der Waals surface area contributed by atoms with Gasteiger partial charge in [-0.3, -0.25) is 0 Å². The number of anilines is 1. The molecule has 0 unspecified atom stereocenters. The summed E-state index contributed by atoms with van der Waals surface area (Å²) in [4.78, 5) is 8.58. The lowest BCUT2D eigenvalue weighted by Crippen LogP contribution is -2.13.